The van der Waals surface area contributed by atoms with Crippen LogP contribution in [0.15, 0.2) is 47.0 Å². The number of halogens is 4. The van der Waals surface area contributed by atoms with Crippen molar-refractivity contribution in [2.45, 2.75) is 44.9 Å². The minimum Gasteiger partial charge on any atom is -0.472 e. The summed E-state index contributed by atoms with van der Waals surface area (Å²) in [6.07, 6.45) is -1.93. The molecule has 4 heterocycles. The fourth-order valence-electron chi connectivity index (χ4n) is 4.98. The zero-order valence-corrected chi connectivity index (χ0v) is 22.3. The maximum atomic E-state index is 13.8. The Bertz CT molecular complexity index is 1390. The molecular weight excluding hydrogens is 546 g/mol. The molecule has 0 spiro atoms. The zero-order valence-electron chi connectivity index (χ0n) is 22.3. The summed E-state index contributed by atoms with van der Waals surface area (Å²) in [6, 6.07) is 8.26. The van der Waals surface area contributed by atoms with Crippen LogP contribution >= 0.6 is 0 Å². The Balaban J connectivity index is 1.18. The number of carbonyl (C=O) groups excluding carboxylic acids is 2. The molecule has 1 N–H and O–H groups in total. The molecule has 1 unspecified atom stereocenters. The van der Waals surface area contributed by atoms with Crippen LogP contribution in [0.1, 0.15) is 48.0 Å². The van der Waals surface area contributed by atoms with Crippen molar-refractivity contribution in [2.24, 2.45) is 5.92 Å². The maximum absolute atomic E-state index is 13.8. The van der Waals surface area contributed by atoms with Gasteiger partial charge in [-0.15, -0.1) is 0 Å². The highest BCUT2D eigenvalue weighted by atomic mass is 19.4. The number of urea groups is 1. The number of amides is 2. The Labute approximate surface area is 233 Å². The van der Waals surface area contributed by atoms with Gasteiger partial charge in [0.05, 0.1) is 12.2 Å². The summed E-state index contributed by atoms with van der Waals surface area (Å²) in [5.41, 5.74) is -0.871. The van der Waals surface area contributed by atoms with Crippen LogP contribution in [0.4, 0.5) is 34.1 Å². The van der Waals surface area contributed by atoms with Crippen LogP contribution in [0.2, 0.25) is 0 Å². The molecule has 9 nitrogen and oxygen atoms in total. The topological polar surface area (TPSA) is 101 Å². The lowest BCUT2D eigenvalue weighted by molar-refractivity contribution is -0.141. The molecule has 2 fully saturated rings. The molecule has 2 aromatic heterocycles. The van der Waals surface area contributed by atoms with Gasteiger partial charge in [0.15, 0.2) is 5.69 Å². The summed E-state index contributed by atoms with van der Waals surface area (Å²) in [7, 11) is 0. The van der Waals surface area contributed by atoms with E-state index in [9.17, 15) is 27.2 Å². The van der Waals surface area contributed by atoms with Gasteiger partial charge in [0.2, 0.25) is 17.4 Å². The van der Waals surface area contributed by atoms with E-state index in [2.05, 4.69) is 15.3 Å². The van der Waals surface area contributed by atoms with Gasteiger partial charge in [-0.1, -0.05) is 25.1 Å². The largest absolute Gasteiger partial charge is 0.472 e. The van der Waals surface area contributed by atoms with E-state index in [0.717, 1.165) is 12.8 Å². The molecule has 2 aliphatic rings. The van der Waals surface area contributed by atoms with Crippen LogP contribution in [0.3, 0.4) is 0 Å². The second kappa shape index (κ2) is 11.8. The van der Waals surface area contributed by atoms with Crippen LogP contribution in [-0.2, 0) is 12.6 Å². The van der Waals surface area contributed by atoms with Crippen molar-refractivity contribution in [3.63, 3.8) is 0 Å². The van der Waals surface area contributed by atoms with Crippen LogP contribution in [-0.4, -0.2) is 59.0 Å². The van der Waals surface area contributed by atoms with Crippen molar-refractivity contribution >= 4 is 23.5 Å². The number of alkyl halides is 3. The standard InChI is InChI=1S/C28H29F4N5O4/c1-17-5-4-11-37(15-17)27-35-25(28(30,31)32)24(41-27)22(38)13-18-8-9-23(33-14-18)40-19-10-12-36(16-19)26(39)34-21-7-3-2-6-20(21)29/h2-3,6-9,14,17,19H,4-5,10-13,15-16H2,1H3,(H,34,39)/t17?,19-/m0/s1. The Kier molecular flexibility index (Phi) is 8.13. The lowest BCUT2D eigenvalue weighted by Gasteiger charge is -2.29. The van der Waals surface area contributed by atoms with Crippen molar-refractivity contribution < 1.29 is 36.3 Å². The molecule has 2 aliphatic heterocycles. The molecule has 13 heteroatoms. The molecule has 1 aromatic carbocycles. The number of carbonyl (C=O) groups is 2. The maximum Gasteiger partial charge on any atom is 0.437 e. The summed E-state index contributed by atoms with van der Waals surface area (Å²) >= 11 is 0. The second-order valence-electron chi connectivity index (χ2n) is 10.4. The quantitative estimate of drug-likeness (QED) is 0.290. The predicted molar refractivity (Wildman–Crippen MR) is 140 cm³/mol. The highest BCUT2D eigenvalue weighted by Crippen LogP contribution is 2.35. The third-order valence-corrected chi connectivity index (χ3v) is 7.06. The monoisotopic (exact) mass is 575 g/mol. The van der Waals surface area contributed by atoms with Gasteiger partial charge in [-0.2, -0.15) is 18.2 Å². The first kappa shape index (κ1) is 28.4. The molecule has 2 amide bonds. The van der Waals surface area contributed by atoms with E-state index in [-0.39, 0.29) is 42.6 Å². The number of aromatic nitrogens is 2. The lowest BCUT2D eigenvalue weighted by Crippen LogP contribution is -2.34. The second-order valence-corrected chi connectivity index (χ2v) is 10.4. The number of likely N-dealkylation sites (tertiary alicyclic amines) is 1. The average molecular weight is 576 g/mol. The molecule has 3 aromatic rings. The zero-order chi connectivity index (χ0) is 29.1. The van der Waals surface area contributed by atoms with E-state index >= 15 is 0 Å². The van der Waals surface area contributed by atoms with E-state index in [1.807, 2.05) is 6.92 Å². The van der Waals surface area contributed by atoms with E-state index in [1.165, 1.54) is 41.4 Å². The summed E-state index contributed by atoms with van der Waals surface area (Å²) in [4.78, 5) is 36.3. The smallest absolute Gasteiger partial charge is 0.437 e. The third-order valence-electron chi connectivity index (χ3n) is 7.06. The number of rotatable bonds is 7. The highest BCUT2D eigenvalue weighted by molar-refractivity contribution is 5.96. The SMILES string of the molecule is CC1CCCN(c2nc(C(F)(F)F)c(C(=O)Cc3ccc(O[C@H]4CCN(C(=O)Nc5ccccc5F)C4)nc3)o2)C1. The first-order valence-electron chi connectivity index (χ1n) is 13.3. The fourth-order valence-corrected chi connectivity index (χ4v) is 4.98. The third kappa shape index (κ3) is 6.77. The fraction of sp³-hybridized carbons (Fsp3) is 0.429. The number of nitrogens with zero attached hydrogens (tertiary/aromatic N) is 4. The minimum atomic E-state index is -4.84. The van der Waals surface area contributed by atoms with Crippen LogP contribution in [0.5, 0.6) is 5.88 Å². The number of piperidine rings is 1. The Morgan fingerprint density at radius 3 is 2.63 bits per heavy atom. The van der Waals surface area contributed by atoms with E-state index < -0.39 is 35.3 Å². The van der Waals surface area contributed by atoms with Gasteiger partial charge >= 0.3 is 12.2 Å². The average Bonchev–Trinajstić information content (AvgIpc) is 3.59. The number of hydrogen-bond acceptors (Lipinski definition) is 7. The Morgan fingerprint density at radius 2 is 1.93 bits per heavy atom. The Hall–Kier alpha value is -4.16. The number of oxazole rings is 1. The summed E-state index contributed by atoms with van der Waals surface area (Å²) in [5, 5.41) is 2.53. The summed E-state index contributed by atoms with van der Waals surface area (Å²) < 4.78 is 66.1. The first-order valence-corrected chi connectivity index (χ1v) is 13.3. The first-order chi connectivity index (χ1) is 19.6. The molecule has 2 saturated heterocycles. The molecule has 41 heavy (non-hydrogen) atoms. The number of pyridine rings is 1. The van der Waals surface area contributed by atoms with Gasteiger partial charge in [-0.3, -0.25) is 4.79 Å². The molecule has 0 aliphatic carbocycles. The highest BCUT2D eigenvalue weighted by Gasteiger charge is 2.42. The van der Waals surface area contributed by atoms with E-state index in [4.69, 9.17) is 9.15 Å². The number of Topliss-reactive ketones (excluding diaryl/α,β-unsaturated/α-hetero) is 1. The number of nitrogens with one attached hydrogen (secondary N) is 1. The van der Waals surface area contributed by atoms with Crippen molar-refractivity contribution in [1.82, 2.24) is 14.9 Å². The molecule has 0 bridgehead atoms. The van der Waals surface area contributed by atoms with Gasteiger partial charge in [0.1, 0.15) is 11.9 Å². The van der Waals surface area contributed by atoms with Gasteiger partial charge in [0.25, 0.3) is 6.01 Å². The number of anilines is 2. The molecule has 218 valence electrons. The van der Waals surface area contributed by atoms with E-state index in [0.29, 0.717) is 31.6 Å². The number of ketones is 1. The van der Waals surface area contributed by atoms with E-state index in [1.54, 1.807) is 11.0 Å². The van der Waals surface area contributed by atoms with Gasteiger partial charge in [-0.25, -0.2) is 14.2 Å². The molecule has 2 atom stereocenters. The van der Waals surface area contributed by atoms with Crippen molar-refractivity contribution in [3.05, 3.63) is 65.4 Å². The summed E-state index contributed by atoms with van der Waals surface area (Å²) in [5.74, 6) is -1.70. The van der Waals surface area contributed by atoms with Gasteiger partial charge in [-0.05, 0) is 36.5 Å². The number of hydrogen-bond donors (Lipinski definition) is 1. The summed E-state index contributed by atoms with van der Waals surface area (Å²) in [6.45, 7) is 3.67. The molecule has 5 rings (SSSR count). The van der Waals surface area contributed by atoms with Crippen LogP contribution in [0, 0.1) is 11.7 Å². The normalized spacial score (nSPS) is 19.3. The number of ether oxygens (including phenoxy) is 1. The number of benzene rings is 1. The van der Waals surface area contributed by atoms with Crippen molar-refractivity contribution in [3.8, 4) is 5.88 Å². The van der Waals surface area contributed by atoms with Crippen LogP contribution < -0.4 is 15.0 Å². The molecule has 0 saturated carbocycles. The predicted octanol–water partition coefficient (Wildman–Crippen LogP) is 5.57. The minimum absolute atomic E-state index is 0.0821. The Morgan fingerprint density at radius 1 is 1.12 bits per heavy atom. The molecular formula is C28H29F4N5O4. The number of para-hydroxylation sites is 1. The lowest BCUT2D eigenvalue weighted by atomic mass is 10.0. The van der Waals surface area contributed by atoms with Gasteiger partial charge in [0, 0.05) is 44.7 Å². The van der Waals surface area contributed by atoms with Crippen LogP contribution in [0.25, 0.3) is 0 Å². The van der Waals surface area contributed by atoms with Crippen molar-refractivity contribution in [2.75, 3.05) is 36.4 Å². The van der Waals surface area contributed by atoms with Gasteiger partial charge < -0.3 is 24.3 Å². The molecule has 0 radical (unpaired) electrons. The van der Waals surface area contributed by atoms with Crippen molar-refractivity contribution in [1.29, 1.82) is 0 Å².